The summed E-state index contributed by atoms with van der Waals surface area (Å²) in [6.07, 6.45) is 1.04. The lowest BCUT2D eigenvalue weighted by Crippen LogP contribution is -2.46. The molecule has 0 saturated heterocycles. The molecule has 3 heterocycles. The molecule has 1 atom stereocenters. The number of aryl methyl sites for hydroxylation is 2. The summed E-state index contributed by atoms with van der Waals surface area (Å²) in [7, 11) is 0. The van der Waals surface area contributed by atoms with Crippen molar-refractivity contribution in [1.29, 1.82) is 0 Å². The van der Waals surface area contributed by atoms with Gasteiger partial charge in [-0.25, -0.2) is 9.50 Å². The Morgan fingerprint density at radius 2 is 1.96 bits per heavy atom. The molecule has 0 radical (unpaired) electrons. The highest BCUT2D eigenvalue weighted by Gasteiger charge is 2.49. The van der Waals surface area contributed by atoms with Crippen molar-refractivity contribution in [3.63, 3.8) is 0 Å². The third kappa shape index (κ3) is 3.44. The lowest BCUT2D eigenvalue weighted by molar-refractivity contribution is -0.158. The molecule has 0 bridgehead atoms. The van der Waals surface area contributed by atoms with E-state index in [0.29, 0.717) is 24.2 Å². The predicted molar refractivity (Wildman–Crippen MR) is 95.7 cm³/mol. The highest BCUT2D eigenvalue weighted by molar-refractivity contribution is 6.00. The van der Waals surface area contributed by atoms with Gasteiger partial charge in [-0.2, -0.15) is 18.3 Å². The van der Waals surface area contributed by atoms with Crippen molar-refractivity contribution in [3.8, 4) is 11.3 Å². The Hall–Kier alpha value is -2.97. The third-order valence-electron chi connectivity index (χ3n) is 4.80. The maximum Gasteiger partial charge on any atom is 0.408 e. The van der Waals surface area contributed by atoms with Gasteiger partial charge in [0.25, 0.3) is 5.91 Å². The van der Waals surface area contributed by atoms with Crippen molar-refractivity contribution < 1.29 is 18.0 Å². The molecule has 1 unspecified atom stereocenters. The number of fused-ring (bicyclic) bond motifs is 1. The smallest absolute Gasteiger partial charge is 0.340 e. The fraction of sp³-hybridized carbons (Fsp3) is 0.368. The van der Waals surface area contributed by atoms with E-state index in [1.165, 1.54) is 10.7 Å². The number of pyridine rings is 1. The number of carbonyl (C=O) groups is 1. The molecular formula is C19H18F3N5O. The van der Waals surface area contributed by atoms with Gasteiger partial charge in [-0.05, 0) is 50.3 Å². The average Bonchev–Trinajstić information content (AvgIpc) is 3.36. The van der Waals surface area contributed by atoms with Crippen LogP contribution in [0.1, 0.15) is 34.5 Å². The molecule has 3 aromatic heterocycles. The van der Waals surface area contributed by atoms with E-state index in [-0.39, 0.29) is 11.2 Å². The quantitative estimate of drug-likeness (QED) is 0.742. The second-order valence-electron chi connectivity index (χ2n) is 7.16. The van der Waals surface area contributed by atoms with E-state index in [9.17, 15) is 18.0 Å². The molecule has 1 amide bonds. The Labute approximate surface area is 158 Å². The standard InChI is InChI=1S/C19H18F3N5O/c1-10-5-13(8-23-7-10)15-6-11(2)27-17(25-15)14(9-24-27)18(28)26-16(12-3-4-12)19(20,21)22/h5-9,12,16H,3-4H2,1-2H3,(H,26,28). The summed E-state index contributed by atoms with van der Waals surface area (Å²) in [5.41, 5.74) is 3.21. The van der Waals surface area contributed by atoms with Crippen LogP contribution in [0.15, 0.2) is 30.7 Å². The molecule has 0 aromatic carbocycles. The van der Waals surface area contributed by atoms with Gasteiger partial charge >= 0.3 is 6.18 Å². The molecule has 146 valence electrons. The van der Waals surface area contributed by atoms with Gasteiger partial charge in [0.15, 0.2) is 5.65 Å². The van der Waals surface area contributed by atoms with Crippen molar-refractivity contribution in [2.24, 2.45) is 5.92 Å². The van der Waals surface area contributed by atoms with E-state index in [2.05, 4.69) is 20.4 Å². The number of hydrogen-bond acceptors (Lipinski definition) is 4. The van der Waals surface area contributed by atoms with Gasteiger partial charge in [0.2, 0.25) is 0 Å². The Bertz CT molecular complexity index is 1060. The number of halogens is 3. The number of amides is 1. The molecule has 28 heavy (non-hydrogen) atoms. The predicted octanol–water partition coefficient (Wildman–Crippen LogP) is 3.48. The summed E-state index contributed by atoms with van der Waals surface area (Å²) in [5.74, 6) is -1.38. The lowest BCUT2D eigenvalue weighted by atomic mass is 10.1. The van der Waals surface area contributed by atoms with Crippen LogP contribution >= 0.6 is 0 Å². The number of carbonyl (C=O) groups excluding carboxylic acids is 1. The van der Waals surface area contributed by atoms with Crippen LogP contribution in [0.5, 0.6) is 0 Å². The number of aromatic nitrogens is 4. The molecule has 1 aliphatic rings. The monoisotopic (exact) mass is 389 g/mol. The van der Waals surface area contributed by atoms with Crippen LogP contribution in [-0.2, 0) is 0 Å². The van der Waals surface area contributed by atoms with E-state index < -0.39 is 24.0 Å². The summed E-state index contributed by atoms with van der Waals surface area (Å²) < 4.78 is 41.2. The van der Waals surface area contributed by atoms with Crippen molar-refractivity contribution >= 4 is 11.6 Å². The largest absolute Gasteiger partial charge is 0.408 e. The minimum atomic E-state index is -4.48. The fourth-order valence-electron chi connectivity index (χ4n) is 3.23. The summed E-state index contributed by atoms with van der Waals surface area (Å²) in [6.45, 7) is 3.69. The molecule has 0 aliphatic heterocycles. The average molecular weight is 389 g/mol. The maximum atomic E-state index is 13.3. The van der Waals surface area contributed by atoms with E-state index in [1.54, 1.807) is 25.4 Å². The molecule has 6 nitrogen and oxygen atoms in total. The maximum absolute atomic E-state index is 13.3. The van der Waals surface area contributed by atoms with E-state index in [1.807, 2.05) is 13.0 Å². The summed E-state index contributed by atoms with van der Waals surface area (Å²) in [5, 5.41) is 6.25. The number of rotatable bonds is 4. The lowest BCUT2D eigenvalue weighted by Gasteiger charge is -2.20. The molecule has 1 aliphatic carbocycles. The minimum Gasteiger partial charge on any atom is -0.340 e. The van der Waals surface area contributed by atoms with Gasteiger partial charge in [-0.15, -0.1) is 0 Å². The number of hydrogen-bond donors (Lipinski definition) is 1. The Morgan fingerprint density at radius 3 is 2.61 bits per heavy atom. The van der Waals surface area contributed by atoms with Crippen molar-refractivity contribution in [1.82, 2.24) is 24.9 Å². The van der Waals surface area contributed by atoms with Crippen molar-refractivity contribution in [3.05, 3.63) is 47.5 Å². The van der Waals surface area contributed by atoms with E-state index in [4.69, 9.17) is 0 Å². The van der Waals surface area contributed by atoms with Gasteiger partial charge < -0.3 is 5.32 Å². The second-order valence-corrected chi connectivity index (χ2v) is 7.16. The zero-order valence-electron chi connectivity index (χ0n) is 15.3. The summed E-state index contributed by atoms with van der Waals surface area (Å²) in [6, 6.07) is 1.84. The Morgan fingerprint density at radius 1 is 1.21 bits per heavy atom. The third-order valence-corrected chi connectivity index (χ3v) is 4.80. The van der Waals surface area contributed by atoms with Crippen LogP contribution in [-0.4, -0.2) is 37.7 Å². The Balaban J connectivity index is 1.72. The number of alkyl halides is 3. The van der Waals surface area contributed by atoms with Gasteiger partial charge in [-0.1, -0.05) is 0 Å². The van der Waals surface area contributed by atoms with Crippen LogP contribution in [0, 0.1) is 19.8 Å². The van der Waals surface area contributed by atoms with Crippen LogP contribution in [0.25, 0.3) is 16.9 Å². The topological polar surface area (TPSA) is 72.2 Å². The van der Waals surface area contributed by atoms with Gasteiger partial charge in [0.1, 0.15) is 11.6 Å². The first-order valence-corrected chi connectivity index (χ1v) is 8.89. The molecule has 0 spiro atoms. The molecule has 9 heteroatoms. The van der Waals surface area contributed by atoms with Gasteiger partial charge in [0, 0.05) is 23.7 Å². The first-order chi connectivity index (χ1) is 13.2. The van der Waals surface area contributed by atoms with Crippen LogP contribution in [0.4, 0.5) is 13.2 Å². The van der Waals surface area contributed by atoms with Crippen LogP contribution in [0.2, 0.25) is 0 Å². The molecule has 1 saturated carbocycles. The Kier molecular flexibility index (Phi) is 4.32. The molecule has 3 aromatic rings. The first kappa shape index (κ1) is 18.4. The SMILES string of the molecule is Cc1cncc(-c2cc(C)n3ncc(C(=O)NC(C4CC4)C(F)(F)F)c3n2)c1. The van der Waals surface area contributed by atoms with Crippen LogP contribution in [0.3, 0.4) is 0 Å². The molecular weight excluding hydrogens is 371 g/mol. The van der Waals surface area contributed by atoms with Gasteiger partial charge in [-0.3, -0.25) is 9.78 Å². The summed E-state index contributed by atoms with van der Waals surface area (Å²) in [4.78, 5) is 21.2. The van der Waals surface area contributed by atoms with Crippen molar-refractivity contribution in [2.75, 3.05) is 0 Å². The zero-order chi connectivity index (χ0) is 20.1. The normalized spacial score (nSPS) is 15.6. The number of nitrogens with one attached hydrogen (secondary N) is 1. The molecule has 4 rings (SSSR count). The van der Waals surface area contributed by atoms with E-state index in [0.717, 1.165) is 11.1 Å². The zero-order valence-corrected chi connectivity index (χ0v) is 15.3. The highest BCUT2D eigenvalue weighted by Crippen LogP contribution is 2.40. The second kappa shape index (κ2) is 6.57. The van der Waals surface area contributed by atoms with Crippen LogP contribution < -0.4 is 5.32 Å². The van der Waals surface area contributed by atoms with Gasteiger partial charge in [0.05, 0.1) is 11.9 Å². The van der Waals surface area contributed by atoms with Crippen molar-refractivity contribution in [2.45, 2.75) is 38.9 Å². The summed E-state index contributed by atoms with van der Waals surface area (Å²) >= 11 is 0. The fourth-order valence-corrected chi connectivity index (χ4v) is 3.23. The minimum absolute atomic E-state index is 0.0143. The number of nitrogens with zero attached hydrogens (tertiary/aromatic N) is 4. The highest BCUT2D eigenvalue weighted by atomic mass is 19.4. The first-order valence-electron chi connectivity index (χ1n) is 8.89. The van der Waals surface area contributed by atoms with E-state index >= 15 is 0 Å². The molecule has 1 N–H and O–H groups in total. The molecule has 1 fully saturated rings.